The van der Waals surface area contributed by atoms with Crippen LogP contribution in [-0.4, -0.2) is 28.0 Å². The summed E-state index contributed by atoms with van der Waals surface area (Å²) < 4.78 is 38.9. The molecule has 3 aromatic rings. The fourth-order valence-electron chi connectivity index (χ4n) is 2.88. The van der Waals surface area contributed by atoms with E-state index in [0.717, 1.165) is 5.56 Å². The van der Waals surface area contributed by atoms with Gasteiger partial charge in [0.05, 0.1) is 13.7 Å². The predicted molar refractivity (Wildman–Crippen MR) is 119 cm³/mol. The Bertz CT molecular complexity index is 1130. The van der Waals surface area contributed by atoms with Gasteiger partial charge in [-0.1, -0.05) is 30.3 Å². The van der Waals surface area contributed by atoms with Crippen molar-refractivity contribution >= 4 is 21.6 Å². The Morgan fingerprint density at radius 1 is 0.968 bits per heavy atom. The van der Waals surface area contributed by atoms with E-state index >= 15 is 0 Å². The molecule has 162 valence electrons. The molecule has 0 aromatic heterocycles. The third kappa shape index (κ3) is 5.84. The summed E-state index contributed by atoms with van der Waals surface area (Å²) in [5.41, 5.74) is 1.57. The molecule has 0 fully saturated rings. The van der Waals surface area contributed by atoms with Gasteiger partial charge in [-0.3, -0.25) is 4.79 Å². The van der Waals surface area contributed by atoms with Gasteiger partial charge in [-0.05, 0) is 55.0 Å². The van der Waals surface area contributed by atoms with E-state index in [1.807, 2.05) is 37.3 Å². The van der Waals surface area contributed by atoms with Crippen molar-refractivity contribution in [1.82, 2.24) is 4.72 Å². The number of carbonyl (C=O) groups is 1. The molecule has 0 saturated heterocycles. The topological polar surface area (TPSA) is 93.7 Å². The molecule has 0 spiro atoms. The van der Waals surface area contributed by atoms with E-state index in [4.69, 9.17) is 9.47 Å². The van der Waals surface area contributed by atoms with Gasteiger partial charge in [0.2, 0.25) is 10.0 Å². The summed E-state index contributed by atoms with van der Waals surface area (Å²) in [4.78, 5) is 12.6. The highest BCUT2D eigenvalue weighted by Gasteiger charge is 2.21. The molecule has 3 aromatic carbocycles. The number of ether oxygens (including phenoxy) is 2. The molecule has 8 heteroatoms. The number of methoxy groups -OCH3 is 1. The number of rotatable bonds is 9. The van der Waals surface area contributed by atoms with E-state index in [2.05, 4.69) is 10.0 Å². The maximum absolute atomic E-state index is 12.9. The maximum Gasteiger partial charge on any atom is 0.255 e. The van der Waals surface area contributed by atoms with Crippen LogP contribution in [-0.2, 0) is 16.6 Å². The Kier molecular flexibility index (Phi) is 7.28. The van der Waals surface area contributed by atoms with Crippen LogP contribution in [0.2, 0.25) is 0 Å². The number of sulfonamides is 1. The number of hydrogen-bond donors (Lipinski definition) is 2. The van der Waals surface area contributed by atoms with E-state index < -0.39 is 15.9 Å². The molecule has 0 bridgehead atoms. The van der Waals surface area contributed by atoms with Crippen LogP contribution in [0.15, 0.2) is 77.7 Å². The van der Waals surface area contributed by atoms with Gasteiger partial charge in [0.25, 0.3) is 5.91 Å². The van der Waals surface area contributed by atoms with Gasteiger partial charge in [0.1, 0.15) is 16.4 Å². The fraction of sp³-hybridized carbons (Fsp3) is 0.174. The molecular weight excluding hydrogens is 416 g/mol. The summed E-state index contributed by atoms with van der Waals surface area (Å²) in [5, 5.41) is 2.75. The third-order valence-corrected chi connectivity index (χ3v) is 5.87. The summed E-state index contributed by atoms with van der Waals surface area (Å²) in [6.45, 7) is 2.56. The number of amides is 1. The molecular formula is C23H24N2O5S. The highest BCUT2D eigenvalue weighted by molar-refractivity contribution is 7.89. The summed E-state index contributed by atoms with van der Waals surface area (Å²) in [7, 11) is -2.53. The second-order valence-electron chi connectivity index (χ2n) is 6.59. The van der Waals surface area contributed by atoms with Gasteiger partial charge < -0.3 is 14.8 Å². The molecule has 0 unspecified atom stereocenters. The largest absolute Gasteiger partial charge is 0.495 e. The van der Waals surface area contributed by atoms with E-state index in [1.54, 1.807) is 24.3 Å². The number of hydrogen-bond acceptors (Lipinski definition) is 5. The highest BCUT2D eigenvalue weighted by Crippen LogP contribution is 2.26. The van der Waals surface area contributed by atoms with Gasteiger partial charge in [0.15, 0.2) is 0 Å². The zero-order valence-corrected chi connectivity index (χ0v) is 18.1. The van der Waals surface area contributed by atoms with E-state index in [9.17, 15) is 13.2 Å². The molecule has 2 N–H and O–H groups in total. The summed E-state index contributed by atoms with van der Waals surface area (Å²) in [5.74, 6) is 0.410. The number of nitrogens with one attached hydrogen (secondary N) is 2. The first-order valence-corrected chi connectivity index (χ1v) is 11.2. The summed E-state index contributed by atoms with van der Waals surface area (Å²) in [6.07, 6.45) is 0. The van der Waals surface area contributed by atoms with Crippen LogP contribution in [0, 0.1) is 0 Å². The molecule has 0 aliphatic rings. The van der Waals surface area contributed by atoms with Crippen molar-refractivity contribution in [3.8, 4) is 11.5 Å². The Morgan fingerprint density at radius 3 is 2.32 bits per heavy atom. The lowest BCUT2D eigenvalue weighted by Crippen LogP contribution is -2.24. The van der Waals surface area contributed by atoms with Crippen molar-refractivity contribution in [2.75, 3.05) is 19.0 Å². The lowest BCUT2D eigenvalue weighted by atomic mass is 10.2. The molecule has 7 nitrogen and oxygen atoms in total. The quantitative estimate of drug-likeness (QED) is 0.528. The van der Waals surface area contributed by atoms with Crippen molar-refractivity contribution in [2.45, 2.75) is 18.4 Å². The Hall–Kier alpha value is -3.36. The van der Waals surface area contributed by atoms with E-state index in [0.29, 0.717) is 18.0 Å². The lowest BCUT2D eigenvalue weighted by molar-refractivity contribution is 0.102. The average molecular weight is 441 g/mol. The molecule has 0 saturated carbocycles. The van der Waals surface area contributed by atoms with Crippen LogP contribution >= 0.6 is 0 Å². The number of benzene rings is 3. The van der Waals surface area contributed by atoms with Crippen molar-refractivity contribution in [3.63, 3.8) is 0 Å². The van der Waals surface area contributed by atoms with Crippen molar-refractivity contribution in [1.29, 1.82) is 0 Å². The molecule has 0 heterocycles. The van der Waals surface area contributed by atoms with Gasteiger partial charge in [-0.25, -0.2) is 13.1 Å². The average Bonchev–Trinajstić information content (AvgIpc) is 2.79. The van der Waals surface area contributed by atoms with Crippen molar-refractivity contribution in [3.05, 3.63) is 83.9 Å². The smallest absolute Gasteiger partial charge is 0.255 e. The maximum atomic E-state index is 12.9. The van der Waals surface area contributed by atoms with Crippen LogP contribution in [0.4, 0.5) is 5.69 Å². The standard InChI is InChI=1S/C23H24N2O5S/c1-3-30-20-12-10-19(11-13-20)25-23(26)18-9-14-21(29-2)22(15-18)31(27,28)24-16-17-7-5-4-6-8-17/h4-15,24H,3,16H2,1-2H3,(H,25,26). The summed E-state index contributed by atoms with van der Waals surface area (Å²) in [6, 6.07) is 20.4. The zero-order valence-electron chi connectivity index (χ0n) is 17.3. The molecule has 31 heavy (non-hydrogen) atoms. The first-order valence-electron chi connectivity index (χ1n) is 9.69. The second-order valence-corrected chi connectivity index (χ2v) is 8.32. The molecule has 0 atom stereocenters. The van der Waals surface area contributed by atoms with E-state index in [-0.39, 0.29) is 22.8 Å². The Balaban J connectivity index is 1.79. The van der Waals surface area contributed by atoms with E-state index in [1.165, 1.54) is 25.3 Å². The Morgan fingerprint density at radius 2 is 1.68 bits per heavy atom. The number of carbonyl (C=O) groups excluding carboxylic acids is 1. The fourth-order valence-corrected chi connectivity index (χ4v) is 4.09. The number of anilines is 1. The molecule has 3 rings (SSSR count). The molecule has 0 radical (unpaired) electrons. The Labute approximate surface area is 182 Å². The molecule has 1 amide bonds. The predicted octanol–water partition coefficient (Wildman–Crippen LogP) is 3.82. The van der Waals surface area contributed by atoms with Crippen molar-refractivity contribution < 1.29 is 22.7 Å². The van der Waals surface area contributed by atoms with Gasteiger partial charge >= 0.3 is 0 Å². The first-order chi connectivity index (χ1) is 14.9. The highest BCUT2D eigenvalue weighted by atomic mass is 32.2. The van der Waals surface area contributed by atoms with Crippen LogP contribution < -0.4 is 19.5 Å². The summed E-state index contributed by atoms with van der Waals surface area (Å²) >= 11 is 0. The normalized spacial score (nSPS) is 11.0. The van der Waals surface area contributed by atoms with Crippen LogP contribution in [0.25, 0.3) is 0 Å². The minimum atomic E-state index is -3.91. The van der Waals surface area contributed by atoms with Crippen LogP contribution in [0.5, 0.6) is 11.5 Å². The monoisotopic (exact) mass is 440 g/mol. The first kappa shape index (κ1) is 22.3. The zero-order chi connectivity index (χ0) is 22.3. The lowest BCUT2D eigenvalue weighted by Gasteiger charge is -2.13. The minimum absolute atomic E-state index is 0.106. The van der Waals surface area contributed by atoms with Crippen LogP contribution in [0.3, 0.4) is 0 Å². The third-order valence-electron chi connectivity index (χ3n) is 4.45. The van der Waals surface area contributed by atoms with Gasteiger partial charge in [-0.2, -0.15) is 0 Å². The second kappa shape index (κ2) is 10.1. The van der Waals surface area contributed by atoms with Gasteiger partial charge in [-0.15, -0.1) is 0 Å². The SMILES string of the molecule is CCOc1ccc(NC(=O)c2ccc(OC)c(S(=O)(=O)NCc3ccccc3)c2)cc1. The van der Waals surface area contributed by atoms with Gasteiger partial charge in [0, 0.05) is 17.8 Å². The molecule has 0 aliphatic heterocycles. The minimum Gasteiger partial charge on any atom is -0.495 e. The van der Waals surface area contributed by atoms with Crippen molar-refractivity contribution in [2.24, 2.45) is 0 Å². The van der Waals surface area contributed by atoms with Crippen LogP contribution in [0.1, 0.15) is 22.8 Å². The molecule has 0 aliphatic carbocycles.